The molecular formula is C83H102N12O2S2. The van der Waals surface area contributed by atoms with Crippen LogP contribution >= 0.6 is 22.7 Å². The van der Waals surface area contributed by atoms with Gasteiger partial charge < -0.3 is 4.52 Å². The molecule has 1 aromatic carbocycles. The number of rotatable bonds is 8. The van der Waals surface area contributed by atoms with E-state index in [1.807, 2.05) is 103 Å². The highest BCUT2D eigenvalue weighted by Gasteiger charge is 2.22. The molecule has 12 heterocycles. The second-order valence-corrected chi connectivity index (χ2v) is 29.2. The predicted octanol–water partition coefficient (Wildman–Crippen LogP) is 22.4. The molecule has 0 fully saturated rings. The van der Waals surface area contributed by atoms with Crippen molar-refractivity contribution in [3.63, 3.8) is 0 Å². The van der Waals surface area contributed by atoms with Gasteiger partial charge in [-0.3, -0.25) is 24.7 Å². The van der Waals surface area contributed by atoms with E-state index in [1.54, 1.807) is 72.3 Å². The molecule has 0 saturated heterocycles. The van der Waals surface area contributed by atoms with Crippen molar-refractivity contribution in [1.29, 1.82) is 0 Å². The number of nitrogens with zero attached hydrogens (tertiary/aromatic N) is 12. The van der Waals surface area contributed by atoms with Crippen LogP contribution in [0.2, 0.25) is 0 Å². The summed E-state index contributed by atoms with van der Waals surface area (Å²) in [4.78, 5) is 41.4. The monoisotopic (exact) mass is 1360 g/mol. The van der Waals surface area contributed by atoms with E-state index < -0.39 is 0 Å². The predicted molar refractivity (Wildman–Crippen MR) is 414 cm³/mol. The summed E-state index contributed by atoms with van der Waals surface area (Å²) in [7, 11) is 0. The number of carbonyl (C=O) groups is 1. The Hall–Kier alpha value is -9.38. The summed E-state index contributed by atoms with van der Waals surface area (Å²) in [5.41, 5.74) is 17.2. The molecule has 1 aliphatic carbocycles. The Balaban J connectivity index is 0.000000177. The summed E-state index contributed by atoms with van der Waals surface area (Å²) in [6, 6.07) is 35.0. The van der Waals surface area contributed by atoms with Gasteiger partial charge in [0.2, 0.25) is 0 Å². The molecule has 0 bridgehead atoms. The number of fused-ring (bicyclic) bond motifs is 5. The Labute approximate surface area is 596 Å². The highest BCUT2D eigenvalue weighted by Crippen LogP contribution is 2.32. The minimum atomic E-state index is 0.0950. The number of aromatic nitrogens is 12. The quantitative estimate of drug-likeness (QED) is 0.141. The van der Waals surface area contributed by atoms with Crippen molar-refractivity contribution >= 4 is 71.4 Å². The Morgan fingerprint density at radius 3 is 1.64 bits per heavy atom. The van der Waals surface area contributed by atoms with Gasteiger partial charge in [0.15, 0.2) is 5.78 Å². The number of para-hydroxylation sites is 1. The van der Waals surface area contributed by atoms with E-state index in [1.165, 1.54) is 59.9 Å². The number of benzene rings is 1. The fraction of sp³-hybridized carbons (Fsp3) is 0.349. The summed E-state index contributed by atoms with van der Waals surface area (Å²) < 4.78 is 7.88. The molecule has 12 aromatic heterocycles. The number of ketones is 1. The first-order valence-electron chi connectivity index (χ1n) is 34.3. The second-order valence-electron chi connectivity index (χ2n) is 27.4. The molecule has 99 heavy (non-hydrogen) atoms. The molecule has 0 aliphatic heterocycles. The molecule has 14 nitrogen and oxygen atoms in total. The Morgan fingerprint density at radius 1 is 0.465 bits per heavy atom. The first-order chi connectivity index (χ1) is 47.4. The Bertz CT molecular complexity index is 4260. The maximum absolute atomic E-state index is 11.3. The molecule has 518 valence electrons. The van der Waals surface area contributed by atoms with E-state index >= 15 is 0 Å². The molecule has 1 aliphatic rings. The van der Waals surface area contributed by atoms with E-state index in [4.69, 9.17) is 0 Å². The first kappa shape index (κ1) is 78.6. The summed E-state index contributed by atoms with van der Waals surface area (Å²) in [6.07, 6.45) is 29.3. The number of allylic oxidation sites excluding steroid dienone is 1. The van der Waals surface area contributed by atoms with Gasteiger partial charge in [0.1, 0.15) is 17.4 Å². The van der Waals surface area contributed by atoms with E-state index in [0.29, 0.717) is 53.8 Å². The molecular weight excluding hydrogens is 1260 g/mol. The molecule has 0 N–H and O–H groups in total. The van der Waals surface area contributed by atoms with Crippen molar-refractivity contribution in [2.24, 2.45) is 0 Å². The van der Waals surface area contributed by atoms with Crippen LogP contribution in [-0.2, 0) is 16.6 Å². The zero-order chi connectivity index (χ0) is 72.0. The number of carbonyl (C=O) groups excluding carboxylic acids is 1. The van der Waals surface area contributed by atoms with Gasteiger partial charge in [0, 0.05) is 88.9 Å². The van der Waals surface area contributed by atoms with E-state index in [2.05, 4.69) is 257 Å². The number of pyridine rings is 6. The van der Waals surface area contributed by atoms with Crippen LogP contribution < -0.4 is 0 Å². The zero-order valence-electron chi connectivity index (χ0n) is 61.5. The van der Waals surface area contributed by atoms with Crippen LogP contribution in [0.15, 0.2) is 211 Å². The molecule has 0 unspecified atom stereocenters. The van der Waals surface area contributed by atoms with Crippen molar-refractivity contribution in [3.05, 3.63) is 268 Å². The fourth-order valence-corrected chi connectivity index (χ4v) is 12.0. The van der Waals surface area contributed by atoms with Gasteiger partial charge >= 0.3 is 0 Å². The average Bonchev–Trinajstić information content (AvgIpc) is 1.69. The fourth-order valence-electron chi connectivity index (χ4n) is 10.2. The van der Waals surface area contributed by atoms with E-state index in [9.17, 15) is 4.79 Å². The molecule has 0 atom stereocenters. The maximum atomic E-state index is 11.3. The third-order valence-electron chi connectivity index (χ3n) is 16.0. The lowest BCUT2D eigenvalue weighted by molar-refractivity contribution is -0.114. The summed E-state index contributed by atoms with van der Waals surface area (Å²) >= 11 is 3.49. The largest absolute Gasteiger partial charge is 0.364 e. The smallest absolute Gasteiger partial charge is 0.161 e. The average molecular weight is 1360 g/mol. The number of hydrogen-bond acceptors (Lipinski definition) is 15. The minimum absolute atomic E-state index is 0.0950. The number of hydrogen-bond donors (Lipinski definition) is 0. The summed E-state index contributed by atoms with van der Waals surface area (Å²) in [5, 5.41) is 22.1. The Morgan fingerprint density at radius 2 is 1.07 bits per heavy atom. The molecule has 0 amide bonds. The van der Waals surface area contributed by atoms with Gasteiger partial charge in [-0.05, 0) is 188 Å². The Kier molecular flexibility index (Phi) is 31.7. The van der Waals surface area contributed by atoms with Crippen LogP contribution in [0.4, 0.5) is 0 Å². The van der Waals surface area contributed by atoms with Crippen LogP contribution in [0, 0.1) is 0 Å². The van der Waals surface area contributed by atoms with Crippen LogP contribution in [-0.4, -0.2) is 65.6 Å². The molecule has 16 heteroatoms. The lowest BCUT2D eigenvalue weighted by Crippen LogP contribution is -2.17. The normalized spacial score (nSPS) is 11.4. The van der Waals surface area contributed by atoms with Crippen molar-refractivity contribution in [1.82, 2.24) is 59.9 Å². The van der Waals surface area contributed by atoms with Crippen molar-refractivity contribution in [3.8, 4) is 0 Å². The van der Waals surface area contributed by atoms with Gasteiger partial charge in [-0.1, -0.05) is 161 Å². The first-order valence-corrected chi connectivity index (χ1v) is 36.0. The summed E-state index contributed by atoms with van der Waals surface area (Å²) in [5.74, 6) is 4.64. The topological polar surface area (TPSA) is 176 Å². The van der Waals surface area contributed by atoms with Crippen LogP contribution in [0.1, 0.15) is 240 Å². The SMILES string of the molecule is CC(C)(C)c1ccnc2c1C=CC(=O)C2.CC(C)c1ccnc2ccccc12.CC(C)c1ccnc2ccsc12.CC(C)c1ccnc2sccc12.CC(C)c1ccncc1.CC(C)c1ccncn1.CC(C)c1ccnnc1.CC(C)c1cnn2ccccc12.CC(C)c1cnoc1. The third-order valence-corrected chi connectivity index (χ3v) is 17.8. The van der Waals surface area contributed by atoms with Crippen molar-refractivity contribution in [2.75, 3.05) is 0 Å². The highest BCUT2D eigenvalue weighted by molar-refractivity contribution is 7.17. The lowest BCUT2D eigenvalue weighted by Gasteiger charge is -2.24. The number of thiophene rings is 2. The third kappa shape index (κ3) is 24.8. The molecule has 14 rings (SSSR count). The van der Waals surface area contributed by atoms with Crippen LogP contribution in [0.25, 0.3) is 42.9 Å². The molecule has 13 aromatic rings. The summed E-state index contributed by atoms with van der Waals surface area (Å²) in [6.45, 7) is 41.2. The van der Waals surface area contributed by atoms with Crippen LogP contribution in [0.3, 0.4) is 0 Å². The second kappa shape index (κ2) is 39.9. The van der Waals surface area contributed by atoms with Gasteiger partial charge in [0.25, 0.3) is 0 Å². The standard InChI is InChI=1S/C13H15NO.C12H13N.C10H12N2.2C10H11NS.C8H11N.2C7H10N2.C6H9NO/c1-13(2,3)11-6-7-14-12-8-9(15)4-5-10(11)12;1-9(2)10-7-8-13-12-6-4-3-5-11(10)12;1-8(2)9-7-11-12-6-4-3-5-10(9)12;1-7(2)8-3-5-11-9-4-6-12-10(8)9;1-7(2)8-3-5-11-10-9(8)4-6-12-10;1-7(2)8-3-5-9-6-4-8;1-6(2)7-3-4-8-5-9-7;1-6(2)7-3-4-8-9-5-7;1-5(2)6-3-7-8-4-6/h4-7H,8H2,1-3H3;3-9H,1-2H3;3-8H,1-2H3;2*3-7H,1-2H3;3-7H,1-2H3;2*3-6H,1-2H3;3-5H,1-2H3. The van der Waals surface area contributed by atoms with Crippen molar-refractivity contribution in [2.45, 2.75) is 191 Å². The van der Waals surface area contributed by atoms with E-state index in [-0.39, 0.29) is 11.2 Å². The molecule has 0 saturated carbocycles. The van der Waals surface area contributed by atoms with Crippen molar-refractivity contribution < 1.29 is 9.32 Å². The van der Waals surface area contributed by atoms with Gasteiger partial charge in [-0.2, -0.15) is 15.3 Å². The molecule has 0 spiro atoms. The van der Waals surface area contributed by atoms with E-state index in [0.717, 1.165) is 38.4 Å². The molecule has 0 radical (unpaired) electrons. The van der Waals surface area contributed by atoms with Gasteiger partial charge in [-0.25, -0.2) is 19.5 Å². The lowest BCUT2D eigenvalue weighted by atomic mass is 9.82. The van der Waals surface area contributed by atoms with Gasteiger partial charge in [0.05, 0.1) is 52.0 Å². The van der Waals surface area contributed by atoms with Crippen LogP contribution in [0.5, 0.6) is 0 Å². The zero-order valence-corrected chi connectivity index (χ0v) is 63.2. The van der Waals surface area contributed by atoms with Gasteiger partial charge in [-0.15, -0.1) is 22.7 Å². The maximum Gasteiger partial charge on any atom is 0.161 e. The minimum Gasteiger partial charge on any atom is -0.364 e. The highest BCUT2D eigenvalue weighted by atomic mass is 32.1.